The molecular weight excluding hydrogens is 266 g/mol. The molecule has 0 bridgehead atoms. The number of nitrogens with zero attached hydrogens (tertiary/aromatic N) is 2. The van der Waals surface area contributed by atoms with Crippen LogP contribution in [-0.2, 0) is 18.3 Å². The molecule has 0 saturated heterocycles. The SMILES string of the molecule is CC(C)N(CCNCc1ccn(C)c1)C(=O)OC(C)(C)C. The average Bonchev–Trinajstić information content (AvgIpc) is 2.71. The summed E-state index contributed by atoms with van der Waals surface area (Å²) in [5, 5.41) is 3.36. The van der Waals surface area contributed by atoms with Crippen LogP contribution in [0.4, 0.5) is 4.79 Å². The van der Waals surface area contributed by atoms with Crippen LogP contribution >= 0.6 is 0 Å². The zero-order chi connectivity index (χ0) is 16.0. The number of rotatable bonds is 6. The van der Waals surface area contributed by atoms with Crippen LogP contribution in [0, 0.1) is 0 Å². The predicted molar refractivity (Wildman–Crippen MR) is 85.2 cm³/mol. The Labute approximate surface area is 128 Å². The minimum atomic E-state index is -0.457. The molecule has 1 aromatic rings. The topological polar surface area (TPSA) is 46.5 Å². The van der Waals surface area contributed by atoms with Gasteiger partial charge in [-0.05, 0) is 46.2 Å². The van der Waals surface area contributed by atoms with E-state index in [0.29, 0.717) is 6.54 Å². The van der Waals surface area contributed by atoms with E-state index in [-0.39, 0.29) is 12.1 Å². The Kier molecular flexibility index (Phi) is 6.27. The van der Waals surface area contributed by atoms with Crippen molar-refractivity contribution in [1.29, 1.82) is 0 Å². The highest BCUT2D eigenvalue weighted by Gasteiger charge is 2.23. The molecule has 5 heteroatoms. The molecule has 0 unspecified atom stereocenters. The lowest BCUT2D eigenvalue weighted by molar-refractivity contribution is 0.0193. The van der Waals surface area contributed by atoms with Crippen molar-refractivity contribution in [2.24, 2.45) is 7.05 Å². The van der Waals surface area contributed by atoms with E-state index < -0.39 is 5.60 Å². The molecule has 0 aliphatic heterocycles. The summed E-state index contributed by atoms with van der Waals surface area (Å²) < 4.78 is 7.46. The van der Waals surface area contributed by atoms with Gasteiger partial charge in [0, 0.05) is 45.1 Å². The number of amides is 1. The van der Waals surface area contributed by atoms with Crippen LogP contribution in [0.25, 0.3) is 0 Å². The molecule has 1 amide bonds. The molecule has 0 spiro atoms. The zero-order valence-electron chi connectivity index (χ0n) is 14.1. The Morgan fingerprint density at radius 1 is 1.43 bits per heavy atom. The summed E-state index contributed by atoms with van der Waals surface area (Å²) in [6.07, 6.45) is 3.86. The number of carbonyl (C=O) groups excluding carboxylic acids is 1. The van der Waals surface area contributed by atoms with Gasteiger partial charge in [0.2, 0.25) is 0 Å². The lowest BCUT2D eigenvalue weighted by atomic mass is 10.2. The molecule has 0 aromatic carbocycles. The van der Waals surface area contributed by atoms with Crippen LogP contribution in [-0.4, -0.2) is 40.3 Å². The van der Waals surface area contributed by atoms with Gasteiger partial charge in [0.1, 0.15) is 5.60 Å². The van der Waals surface area contributed by atoms with Crippen molar-refractivity contribution in [2.75, 3.05) is 13.1 Å². The average molecular weight is 295 g/mol. The number of carbonyl (C=O) groups is 1. The minimum absolute atomic E-state index is 0.123. The van der Waals surface area contributed by atoms with Gasteiger partial charge in [0.25, 0.3) is 0 Å². The number of hydrogen-bond donors (Lipinski definition) is 1. The monoisotopic (exact) mass is 295 g/mol. The largest absolute Gasteiger partial charge is 0.444 e. The summed E-state index contributed by atoms with van der Waals surface area (Å²) in [4.78, 5) is 13.9. The van der Waals surface area contributed by atoms with Crippen LogP contribution in [0.3, 0.4) is 0 Å². The number of aryl methyl sites for hydroxylation is 1. The number of aromatic nitrogens is 1. The second-order valence-corrected chi connectivity index (χ2v) is 6.63. The maximum Gasteiger partial charge on any atom is 0.410 e. The van der Waals surface area contributed by atoms with Crippen molar-refractivity contribution in [3.63, 3.8) is 0 Å². The van der Waals surface area contributed by atoms with Crippen LogP contribution in [0.2, 0.25) is 0 Å². The van der Waals surface area contributed by atoms with E-state index in [0.717, 1.165) is 13.1 Å². The predicted octanol–water partition coefficient (Wildman–Crippen LogP) is 2.76. The Hall–Kier alpha value is -1.49. The van der Waals surface area contributed by atoms with Crippen molar-refractivity contribution < 1.29 is 9.53 Å². The summed E-state index contributed by atoms with van der Waals surface area (Å²) >= 11 is 0. The van der Waals surface area contributed by atoms with Gasteiger partial charge in [-0.25, -0.2) is 4.79 Å². The Bertz CT molecular complexity index is 447. The van der Waals surface area contributed by atoms with Gasteiger partial charge in [-0.15, -0.1) is 0 Å². The molecule has 0 saturated carbocycles. The quantitative estimate of drug-likeness (QED) is 0.821. The fourth-order valence-electron chi connectivity index (χ4n) is 1.98. The normalized spacial score (nSPS) is 11.8. The van der Waals surface area contributed by atoms with Gasteiger partial charge in [0.05, 0.1) is 0 Å². The van der Waals surface area contributed by atoms with Crippen molar-refractivity contribution in [3.05, 3.63) is 24.0 Å². The minimum Gasteiger partial charge on any atom is -0.444 e. The summed E-state index contributed by atoms with van der Waals surface area (Å²) in [7, 11) is 2.01. The first kappa shape index (κ1) is 17.6. The molecule has 0 aliphatic rings. The maximum atomic E-state index is 12.1. The molecule has 1 heterocycles. The van der Waals surface area contributed by atoms with E-state index in [1.165, 1.54) is 5.56 Å². The standard InChI is InChI=1S/C16H29N3O2/c1-13(2)19(15(20)21-16(3,4)5)10-8-17-11-14-7-9-18(6)12-14/h7,9,12-13,17H,8,10-11H2,1-6H3. The molecule has 120 valence electrons. The third-order valence-corrected chi connectivity index (χ3v) is 3.00. The second kappa shape index (κ2) is 7.50. The highest BCUT2D eigenvalue weighted by Crippen LogP contribution is 2.11. The first-order chi connectivity index (χ1) is 9.69. The number of hydrogen-bond acceptors (Lipinski definition) is 3. The Morgan fingerprint density at radius 3 is 2.57 bits per heavy atom. The lowest BCUT2D eigenvalue weighted by Crippen LogP contribution is -2.44. The van der Waals surface area contributed by atoms with E-state index in [1.807, 2.05) is 52.4 Å². The van der Waals surface area contributed by atoms with Crippen LogP contribution in [0.1, 0.15) is 40.2 Å². The van der Waals surface area contributed by atoms with Crippen molar-refractivity contribution in [2.45, 2.75) is 52.8 Å². The molecule has 1 N–H and O–H groups in total. The molecule has 0 aliphatic carbocycles. The lowest BCUT2D eigenvalue weighted by Gasteiger charge is -2.30. The summed E-state index contributed by atoms with van der Waals surface area (Å²) in [6, 6.07) is 2.21. The smallest absolute Gasteiger partial charge is 0.410 e. The molecule has 1 rings (SSSR count). The molecule has 0 atom stereocenters. The van der Waals surface area contributed by atoms with Crippen molar-refractivity contribution in [3.8, 4) is 0 Å². The van der Waals surface area contributed by atoms with E-state index in [1.54, 1.807) is 4.90 Å². The molecule has 0 fully saturated rings. The molecule has 0 radical (unpaired) electrons. The zero-order valence-corrected chi connectivity index (χ0v) is 14.1. The van der Waals surface area contributed by atoms with Crippen LogP contribution in [0.15, 0.2) is 18.5 Å². The molecule has 1 aromatic heterocycles. The van der Waals surface area contributed by atoms with Gasteiger partial charge in [-0.2, -0.15) is 0 Å². The van der Waals surface area contributed by atoms with Crippen LogP contribution in [0.5, 0.6) is 0 Å². The summed E-state index contributed by atoms with van der Waals surface area (Å²) in [5.41, 5.74) is 0.785. The van der Waals surface area contributed by atoms with Crippen molar-refractivity contribution in [1.82, 2.24) is 14.8 Å². The second-order valence-electron chi connectivity index (χ2n) is 6.63. The van der Waals surface area contributed by atoms with E-state index >= 15 is 0 Å². The Balaban J connectivity index is 2.39. The fourth-order valence-corrected chi connectivity index (χ4v) is 1.98. The van der Waals surface area contributed by atoms with Gasteiger partial charge >= 0.3 is 6.09 Å². The third-order valence-electron chi connectivity index (χ3n) is 3.00. The van der Waals surface area contributed by atoms with Gasteiger partial charge in [0.15, 0.2) is 0 Å². The summed E-state index contributed by atoms with van der Waals surface area (Å²) in [5.74, 6) is 0. The molecule has 5 nitrogen and oxygen atoms in total. The summed E-state index contributed by atoms with van der Waals surface area (Å²) in [6.45, 7) is 11.8. The number of nitrogens with one attached hydrogen (secondary N) is 1. The van der Waals surface area contributed by atoms with Crippen LogP contribution < -0.4 is 5.32 Å². The third kappa shape index (κ3) is 6.67. The maximum absolute atomic E-state index is 12.1. The Morgan fingerprint density at radius 2 is 2.10 bits per heavy atom. The fraction of sp³-hybridized carbons (Fsp3) is 0.688. The molecule has 21 heavy (non-hydrogen) atoms. The van der Waals surface area contributed by atoms with Gasteiger partial charge in [-0.3, -0.25) is 0 Å². The number of ether oxygens (including phenoxy) is 1. The van der Waals surface area contributed by atoms with E-state index in [9.17, 15) is 4.79 Å². The van der Waals surface area contributed by atoms with E-state index in [2.05, 4.69) is 17.6 Å². The highest BCUT2D eigenvalue weighted by molar-refractivity contribution is 5.68. The van der Waals surface area contributed by atoms with Gasteiger partial charge in [-0.1, -0.05) is 0 Å². The van der Waals surface area contributed by atoms with E-state index in [4.69, 9.17) is 4.74 Å². The molecular formula is C16H29N3O2. The first-order valence-electron chi connectivity index (χ1n) is 7.50. The van der Waals surface area contributed by atoms with Crippen molar-refractivity contribution >= 4 is 6.09 Å². The first-order valence-corrected chi connectivity index (χ1v) is 7.50. The highest BCUT2D eigenvalue weighted by atomic mass is 16.6. The van der Waals surface area contributed by atoms with Gasteiger partial charge < -0.3 is 19.5 Å².